The quantitative estimate of drug-likeness (QED) is 0.728. The Bertz CT molecular complexity index is 835. The summed E-state index contributed by atoms with van der Waals surface area (Å²) >= 11 is 3.13. The van der Waals surface area contributed by atoms with Gasteiger partial charge in [-0.25, -0.2) is 8.78 Å². The lowest BCUT2D eigenvalue weighted by Gasteiger charge is -2.39. The summed E-state index contributed by atoms with van der Waals surface area (Å²) in [5.41, 5.74) is -0.155. The van der Waals surface area contributed by atoms with Crippen molar-refractivity contribution in [3.8, 4) is 0 Å². The van der Waals surface area contributed by atoms with E-state index < -0.39 is 29.7 Å². The lowest BCUT2D eigenvalue weighted by Crippen LogP contribution is -2.44. The van der Waals surface area contributed by atoms with Gasteiger partial charge in [0.1, 0.15) is 11.6 Å². The minimum atomic E-state index is -0.836. The number of hydrogen-bond donors (Lipinski definition) is 1. The van der Waals surface area contributed by atoms with Crippen LogP contribution in [0.25, 0.3) is 0 Å². The molecule has 1 N–H and O–H groups in total. The number of halogens is 3. The Hall–Kier alpha value is -2.28. The van der Waals surface area contributed by atoms with Gasteiger partial charge >= 0.3 is 5.97 Å². The van der Waals surface area contributed by atoms with Crippen LogP contribution in [0.3, 0.4) is 0 Å². The number of esters is 1. The van der Waals surface area contributed by atoms with Crippen LogP contribution >= 0.6 is 15.9 Å². The van der Waals surface area contributed by atoms with Crippen LogP contribution in [0, 0.1) is 11.6 Å². The number of rotatable bonds is 5. The monoisotopic (exact) mass is 423 g/mol. The summed E-state index contributed by atoms with van der Waals surface area (Å²) in [6, 6.07) is 9.94. The average molecular weight is 424 g/mol. The minimum absolute atomic E-state index is 0.00569. The highest BCUT2D eigenvalue weighted by atomic mass is 79.9. The Morgan fingerprint density at radius 2 is 1.81 bits per heavy atom. The molecule has 0 bridgehead atoms. The minimum Gasteiger partial charge on any atom is -0.455 e. The number of ether oxygens (including phenoxy) is 1. The third-order valence-corrected chi connectivity index (χ3v) is 5.03. The van der Waals surface area contributed by atoms with Gasteiger partial charge in [0.15, 0.2) is 6.61 Å². The van der Waals surface area contributed by atoms with E-state index in [1.807, 2.05) is 0 Å². The molecule has 26 heavy (non-hydrogen) atoms. The second-order valence-corrected chi connectivity index (χ2v) is 7.11. The number of nitrogens with one attached hydrogen (secondary N) is 1. The van der Waals surface area contributed by atoms with E-state index in [1.165, 1.54) is 24.3 Å². The van der Waals surface area contributed by atoms with Gasteiger partial charge in [-0.2, -0.15) is 0 Å². The van der Waals surface area contributed by atoms with E-state index in [4.69, 9.17) is 4.74 Å². The third-order valence-electron chi connectivity index (χ3n) is 4.53. The van der Waals surface area contributed by atoms with Crippen LogP contribution in [0.15, 0.2) is 46.9 Å². The summed E-state index contributed by atoms with van der Waals surface area (Å²) in [5.74, 6) is -2.14. The molecule has 1 aliphatic rings. The summed E-state index contributed by atoms with van der Waals surface area (Å²) in [6.45, 7) is -0.517. The van der Waals surface area contributed by atoms with E-state index in [9.17, 15) is 18.4 Å². The maximum atomic E-state index is 13.7. The van der Waals surface area contributed by atoms with Gasteiger partial charge in [-0.15, -0.1) is 0 Å². The van der Waals surface area contributed by atoms with E-state index in [1.54, 1.807) is 18.2 Å². The molecule has 3 rings (SSSR count). The molecule has 0 aliphatic heterocycles. The Kier molecular flexibility index (Phi) is 5.36. The predicted molar refractivity (Wildman–Crippen MR) is 95.6 cm³/mol. The summed E-state index contributed by atoms with van der Waals surface area (Å²) in [5, 5.41) is 2.37. The highest BCUT2D eigenvalue weighted by Gasteiger charge is 2.47. The number of hydrogen-bond acceptors (Lipinski definition) is 3. The highest BCUT2D eigenvalue weighted by molar-refractivity contribution is 9.10. The molecule has 0 atom stereocenters. The lowest BCUT2D eigenvalue weighted by molar-refractivity contribution is -0.156. The number of anilines is 1. The molecule has 1 fully saturated rings. The summed E-state index contributed by atoms with van der Waals surface area (Å²) in [6.07, 6.45) is 2.02. The van der Waals surface area contributed by atoms with Gasteiger partial charge in [0, 0.05) is 4.47 Å². The number of amides is 1. The molecule has 1 saturated carbocycles. The van der Waals surface area contributed by atoms with Crippen LogP contribution in [0.5, 0.6) is 0 Å². The molecule has 2 aromatic rings. The standard InChI is InChI=1S/C19H16BrF2NO3/c20-13-4-7-16(15(22)10-13)23-17(24)11-26-18(25)19(8-1-9-19)12-2-5-14(21)6-3-12/h2-7,10H,1,8-9,11H2,(H,23,24). The smallest absolute Gasteiger partial charge is 0.317 e. The summed E-state index contributed by atoms with van der Waals surface area (Å²) in [7, 11) is 0. The van der Waals surface area contributed by atoms with Crippen LogP contribution in [-0.2, 0) is 19.7 Å². The van der Waals surface area contributed by atoms with E-state index in [0.29, 0.717) is 22.9 Å². The average Bonchev–Trinajstić information content (AvgIpc) is 2.56. The molecule has 0 aromatic heterocycles. The van der Waals surface area contributed by atoms with E-state index in [0.717, 1.165) is 6.42 Å². The Morgan fingerprint density at radius 3 is 2.38 bits per heavy atom. The predicted octanol–water partition coefficient (Wildman–Crippen LogP) is 4.33. The summed E-state index contributed by atoms with van der Waals surface area (Å²) < 4.78 is 32.5. The molecule has 7 heteroatoms. The van der Waals surface area contributed by atoms with Gasteiger partial charge < -0.3 is 10.1 Å². The molecule has 136 valence electrons. The van der Waals surface area contributed by atoms with Crippen LogP contribution < -0.4 is 5.32 Å². The topological polar surface area (TPSA) is 55.4 Å². The zero-order valence-electron chi connectivity index (χ0n) is 13.7. The summed E-state index contributed by atoms with van der Waals surface area (Å²) in [4.78, 5) is 24.5. The largest absolute Gasteiger partial charge is 0.455 e. The lowest BCUT2D eigenvalue weighted by atomic mass is 9.64. The third kappa shape index (κ3) is 3.77. The fraction of sp³-hybridized carbons (Fsp3) is 0.263. The van der Waals surface area contributed by atoms with Crippen LogP contribution in [-0.4, -0.2) is 18.5 Å². The molecular weight excluding hydrogens is 408 g/mol. The second-order valence-electron chi connectivity index (χ2n) is 6.19. The molecule has 1 amide bonds. The van der Waals surface area contributed by atoms with Crippen molar-refractivity contribution in [2.75, 3.05) is 11.9 Å². The molecule has 0 heterocycles. The van der Waals surface area contributed by atoms with Crippen molar-refractivity contribution in [1.29, 1.82) is 0 Å². The van der Waals surface area contributed by atoms with Gasteiger partial charge in [-0.1, -0.05) is 34.5 Å². The molecule has 0 unspecified atom stereocenters. The van der Waals surface area contributed by atoms with Gasteiger partial charge in [0.05, 0.1) is 11.1 Å². The normalized spacial score (nSPS) is 15.0. The van der Waals surface area contributed by atoms with Crippen LogP contribution in [0.1, 0.15) is 24.8 Å². The zero-order valence-corrected chi connectivity index (χ0v) is 15.3. The van der Waals surface area contributed by atoms with E-state index in [2.05, 4.69) is 21.2 Å². The fourth-order valence-electron chi connectivity index (χ4n) is 2.96. The van der Waals surface area contributed by atoms with Gasteiger partial charge in [-0.05, 0) is 48.7 Å². The second kappa shape index (κ2) is 7.53. The molecule has 1 aliphatic carbocycles. The first kappa shape index (κ1) is 18.5. The van der Waals surface area contributed by atoms with Crippen molar-refractivity contribution >= 4 is 33.5 Å². The Morgan fingerprint density at radius 1 is 1.12 bits per heavy atom. The molecular formula is C19H16BrF2NO3. The van der Waals surface area contributed by atoms with Crippen LogP contribution in [0.2, 0.25) is 0 Å². The molecule has 2 aromatic carbocycles. The van der Waals surface area contributed by atoms with Crippen molar-refractivity contribution in [3.05, 3.63) is 64.1 Å². The number of carbonyl (C=O) groups is 2. The van der Waals surface area contributed by atoms with Gasteiger partial charge in [-0.3, -0.25) is 9.59 Å². The Balaban J connectivity index is 1.62. The maximum absolute atomic E-state index is 13.7. The first-order chi connectivity index (χ1) is 12.4. The molecule has 0 radical (unpaired) electrons. The van der Waals surface area contributed by atoms with E-state index in [-0.39, 0.29) is 11.5 Å². The first-order valence-corrected chi connectivity index (χ1v) is 8.88. The van der Waals surface area contributed by atoms with Gasteiger partial charge in [0.25, 0.3) is 5.91 Å². The van der Waals surface area contributed by atoms with Crippen molar-refractivity contribution in [3.63, 3.8) is 0 Å². The van der Waals surface area contributed by atoms with Crippen molar-refractivity contribution < 1.29 is 23.1 Å². The zero-order chi connectivity index (χ0) is 18.7. The first-order valence-electron chi connectivity index (χ1n) is 8.09. The van der Waals surface area contributed by atoms with Crippen molar-refractivity contribution in [1.82, 2.24) is 0 Å². The molecule has 0 spiro atoms. The van der Waals surface area contributed by atoms with Crippen molar-refractivity contribution in [2.45, 2.75) is 24.7 Å². The van der Waals surface area contributed by atoms with Crippen LogP contribution in [0.4, 0.5) is 14.5 Å². The molecule has 0 saturated heterocycles. The van der Waals surface area contributed by atoms with E-state index >= 15 is 0 Å². The Labute approximate surface area is 157 Å². The fourth-order valence-corrected chi connectivity index (χ4v) is 3.29. The highest BCUT2D eigenvalue weighted by Crippen LogP contribution is 2.44. The maximum Gasteiger partial charge on any atom is 0.317 e. The number of carbonyl (C=O) groups excluding carboxylic acids is 2. The molecule has 4 nitrogen and oxygen atoms in total. The number of benzene rings is 2. The van der Waals surface area contributed by atoms with Crippen molar-refractivity contribution in [2.24, 2.45) is 0 Å². The SMILES string of the molecule is O=C(COC(=O)C1(c2ccc(F)cc2)CCC1)Nc1ccc(Br)cc1F. The van der Waals surface area contributed by atoms with Gasteiger partial charge in [0.2, 0.25) is 0 Å².